The lowest BCUT2D eigenvalue weighted by molar-refractivity contribution is -0.174. The molecular formula is C5H7F3O2. The standard InChI is InChI=1S/C5H7F3O2/c6-5(7,8)3-9-1-4-2-10-4/h4H,1-3H2/t4-/m0/s1. The van der Waals surface area contributed by atoms with Crippen LogP contribution in [0.5, 0.6) is 0 Å². The fourth-order valence-corrected chi connectivity index (χ4v) is 0.470. The minimum absolute atomic E-state index is 0.0551. The Morgan fingerprint density at radius 1 is 1.50 bits per heavy atom. The van der Waals surface area contributed by atoms with Gasteiger partial charge in [0.2, 0.25) is 0 Å². The molecule has 0 aromatic rings. The molecule has 0 radical (unpaired) electrons. The minimum atomic E-state index is -4.21. The first-order valence-corrected chi connectivity index (χ1v) is 2.84. The number of epoxide rings is 1. The summed E-state index contributed by atoms with van der Waals surface area (Å²) in [4.78, 5) is 0. The van der Waals surface area contributed by atoms with Gasteiger partial charge in [0, 0.05) is 0 Å². The summed E-state index contributed by atoms with van der Waals surface area (Å²) in [5, 5.41) is 0. The Morgan fingerprint density at radius 3 is 2.50 bits per heavy atom. The first kappa shape index (κ1) is 7.81. The molecule has 60 valence electrons. The molecule has 1 saturated heterocycles. The molecule has 0 aliphatic carbocycles. The highest BCUT2D eigenvalue weighted by atomic mass is 19.4. The zero-order valence-electron chi connectivity index (χ0n) is 5.15. The van der Waals surface area contributed by atoms with E-state index in [0.717, 1.165) is 0 Å². The third kappa shape index (κ3) is 3.68. The van der Waals surface area contributed by atoms with E-state index in [1.54, 1.807) is 0 Å². The number of hydrogen-bond acceptors (Lipinski definition) is 2. The summed E-state index contributed by atoms with van der Waals surface area (Å²) in [5.74, 6) is 0. The van der Waals surface area contributed by atoms with Crippen molar-refractivity contribution in [1.29, 1.82) is 0 Å². The van der Waals surface area contributed by atoms with E-state index in [0.29, 0.717) is 6.61 Å². The summed E-state index contributed by atoms with van der Waals surface area (Å²) in [6.45, 7) is -0.593. The fourth-order valence-electron chi connectivity index (χ4n) is 0.470. The maximum Gasteiger partial charge on any atom is 0.411 e. The Balaban J connectivity index is 1.93. The van der Waals surface area contributed by atoms with E-state index in [2.05, 4.69) is 9.47 Å². The van der Waals surface area contributed by atoms with Gasteiger partial charge in [0.1, 0.15) is 12.7 Å². The van der Waals surface area contributed by atoms with Crippen LogP contribution in [-0.2, 0) is 9.47 Å². The van der Waals surface area contributed by atoms with Crippen LogP contribution >= 0.6 is 0 Å². The molecule has 0 saturated carbocycles. The van der Waals surface area contributed by atoms with E-state index in [1.807, 2.05) is 0 Å². The van der Waals surface area contributed by atoms with Gasteiger partial charge in [-0.3, -0.25) is 0 Å². The van der Waals surface area contributed by atoms with Gasteiger partial charge in [-0.25, -0.2) is 0 Å². The lowest BCUT2D eigenvalue weighted by Gasteiger charge is -2.04. The summed E-state index contributed by atoms with van der Waals surface area (Å²) >= 11 is 0. The molecule has 10 heavy (non-hydrogen) atoms. The van der Waals surface area contributed by atoms with Gasteiger partial charge in [0.05, 0.1) is 13.2 Å². The highest BCUT2D eigenvalue weighted by Crippen LogP contribution is 2.16. The predicted molar refractivity (Wildman–Crippen MR) is 26.6 cm³/mol. The van der Waals surface area contributed by atoms with E-state index in [4.69, 9.17) is 0 Å². The quantitative estimate of drug-likeness (QED) is 0.568. The second kappa shape index (κ2) is 2.75. The summed E-state index contributed by atoms with van der Waals surface area (Å²) < 4.78 is 43.0. The first-order chi connectivity index (χ1) is 4.58. The number of ether oxygens (including phenoxy) is 2. The van der Waals surface area contributed by atoms with Crippen LogP contribution in [0.3, 0.4) is 0 Å². The summed E-state index contributed by atoms with van der Waals surface area (Å²) in [6.07, 6.45) is -4.31. The van der Waals surface area contributed by atoms with E-state index in [1.165, 1.54) is 0 Å². The molecule has 0 bridgehead atoms. The highest BCUT2D eigenvalue weighted by molar-refractivity contribution is 4.67. The largest absolute Gasteiger partial charge is 0.411 e. The van der Waals surface area contributed by atoms with Crippen molar-refractivity contribution >= 4 is 0 Å². The SMILES string of the molecule is FC(F)(F)COC[C@H]1CO1. The Labute approximate surface area is 55.9 Å². The van der Waals surface area contributed by atoms with Gasteiger partial charge in [-0.1, -0.05) is 0 Å². The normalized spacial score (nSPS) is 24.9. The molecule has 1 atom stereocenters. The monoisotopic (exact) mass is 156 g/mol. The van der Waals surface area contributed by atoms with Crippen LogP contribution in [0, 0.1) is 0 Å². The lowest BCUT2D eigenvalue weighted by atomic mass is 10.5. The Kier molecular flexibility index (Phi) is 2.15. The van der Waals surface area contributed by atoms with Crippen molar-refractivity contribution < 1.29 is 22.6 Å². The Morgan fingerprint density at radius 2 is 2.10 bits per heavy atom. The summed E-state index contributed by atoms with van der Waals surface area (Å²) in [7, 11) is 0. The zero-order chi connectivity index (χ0) is 7.61. The van der Waals surface area contributed by atoms with Crippen molar-refractivity contribution in [3.63, 3.8) is 0 Å². The van der Waals surface area contributed by atoms with Crippen LogP contribution in [0.15, 0.2) is 0 Å². The van der Waals surface area contributed by atoms with Crippen molar-refractivity contribution in [2.45, 2.75) is 12.3 Å². The molecule has 1 fully saturated rings. The van der Waals surface area contributed by atoms with Gasteiger partial charge in [-0.05, 0) is 0 Å². The molecule has 0 unspecified atom stereocenters. The molecule has 2 nitrogen and oxygen atoms in total. The number of hydrogen-bond donors (Lipinski definition) is 0. The van der Waals surface area contributed by atoms with Crippen molar-refractivity contribution in [2.75, 3.05) is 19.8 Å². The van der Waals surface area contributed by atoms with Crippen LogP contribution in [0.25, 0.3) is 0 Å². The van der Waals surface area contributed by atoms with Crippen LogP contribution in [0.1, 0.15) is 0 Å². The van der Waals surface area contributed by atoms with Gasteiger partial charge in [-0.2, -0.15) is 13.2 Å². The Hall–Kier alpha value is -0.290. The van der Waals surface area contributed by atoms with Crippen molar-refractivity contribution in [1.82, 2.24) is 0 Å². The molecular weight excluding hydrogens is 149 g/mol. The molecule has 1 aliphatic rings. The Bertz CT molecular complexity index is 108. The zero-order valence-corrected chi connectivity index (χ0v) is 5.15. The molecule has 0 aromatic carbocycles. The number of rotatable bonds is 3. The van der Waals surface area contributed by atoms with E-state index >= 15 is 0 Å². The number of alkyl halides is 3. The average Bonchev–Trinajstić information content (AvgIpc) is 2.45. The molecule has 0 N–H and O–H groups in total. The maximum atomic E-state index is 11.4. The maximum absolute atomic E-state index is 11.4. The molecule has 0 spiro atoms. The van der Waals surface area contributed by atoms with Crippen LogP contribution in [0.4, 0.5) is 13.2 Å². The molecule has 0 aromatic heterocycles. The molecule has 1 rings (SSSR count). The van der Waals surface area contributed by atoms with Gasteiger partial charge in [-0.15, -0.1) is 0 Å². The minimum Gasteiger partial charge on any atom is -0.371 e. The molecule has 1 heterocycles. The molecule has 0 amide bonds. The van der Waals surface area contributed by atoms with Crippen LogP contribution < -0.4 is 0 Å². The fraction of sp³-hybridized carbons (Fsp3) is 1.00. The van der Waals surface area contributed by atoms with Gasteiger partial charge < -0.3 is 9.47 Å². The summed E-state index contributed by atoms with van der Waals surface area (Å²) in [5.41, 5.74) is 0. The van der Waals surface area contributed by atoms with Crippen molar-refractivity contribution in [2.24, 2.45) is 0 Å². The van der Waals surface area contributed by atoms with Crippen LogP contribution in [0.2, 0.25) is 0 Å². The first-order valence-electron chi connectivity index (χ1n) is 2.84. The lowest BCUT2D eigenvalue weighted by Crippen LogP contribution is -2.18. The van der Waals surface area contributed by atoms with Crippen LogP contribution in [-0.4, -0.2) is 32.1 Å². The third-order valence-electron chi connectivity index (χ3n) is 0.972. The van der Waals surface area contributed by atoms with E-state index in [-0.39, 0.29) is 12.7 Å². The smallest absolute Gasteiger partial charge is 0.371 e. The van der Waals surface area contributed by atoms with E-state index < -0.39 is 12.8 Å². The average molecular weight is 156 g/mol. The third-order valence-corrected chi connectivity index (χ3v) is 0.972. The van der Waals surface area contributed by atoms with Crippen molar-refractivity contribution in [3.8, 4) is 0 Å². The predicted octanol–water partition coefficient (Wildman–Crippen LogP) is 0.964. The molecule has 1 aliphatic heterocycles. The van der Waals surface area contributed by atoms with Gasteiger partial charge in [0.15, 0.2) is 0 Å². The van der Waals surface area contributed by atoms with E-state index in [9.17, 15) is 13.2 Å². The summed E-state index contributed by atoms with van der Waals surface area (Å²) in [6, 6.07) is 0. The topological polar surface area (TPSA) is 21.8 Å². The number of halogens is 3. The second-order valence-electron chi connectivity index (χ2n) is 2.09. The molecule has 5 heteroatoms. The second-order valence-corrected chi connectivity index (χ2v) is 2.09. The highest BCUT2D eigenvalue weighted by Gasteiger charge is 2.30. The van der Waals surface area contributed by atoms with Gasteiger partial charge in [0.25, 0.3) is 0 Å². The van der Waals surface area contributed by atoms with Gasteiger partial charge >= 0.3 is 6.18 Å². The van der Waals surface area contributed by atoms with Crippen molar-refractivity contribution in [3.05, 3.63) is 0 Å².